The minimum Gasteiger partial charge on any atom is -0.446 e. The first-order valence-electron chi connectivity index (χ1n) is 3.88. The van der Waals surface area contributed by atoms with Crippen molar-refractivity contribution in [3.05, 3.63) is 22.7 Å². The van der Waals surface area contributed by atoms with E-state index < -0.39 is 0 Å². The monoisotopic (exact) mass is 242 g/mol. The Morgan fingerprint density at radius 3 is 2.85 bits per heavy atom. The Morgan fingerprint density at radius 1 is 1.46 bits per heavy atom. The third-order valence-electron chi connectivity index (χ3n) is 1.56. The molecule has 0 bridgehead atoms. The van der Waals surface area contributed by atoms with Crippen LogP contribution in [0.5, 0.6) is 0 Å². The lowest BCUT2D eigenvalue weighted by atomic mass is 10.4. The number of aromatic nitrogens is 2. The Hall–Kier alpha value is -1.10. The van der Waals surface area contributed by atoms with E-state index in [-0.39, 0.29) is 0 Å². The van der Waals surface area contributed by atoms with Crippen LogP contribution in [-0.2, 0) is 6.42 Å². The van der Waals surface area contributed by atoms with Gasteiger partial charge in [0, 0.05) is 6.42 Å². The molecule has 0 fully saturated rings. The Balaban J connectivity index is 2.35. The lowest BCUT2D eigenvalue weighted by Gasteiger charge is -1.83. The number of hydrogen-bond donors (Lipinski definition) is 0. The first-order chi connectivity index (χ1) is 6.29. The molecule has 5 heteroatoms. The van der Waals surface area contributed by atoms with Gasteiger partial charge >= 0.3 is 0 Å². The molecule has 0 aromatic carbocycles. The summed E-state index contributed by atoms with van der Waals surface area (Å²) >= 11 is 3.20. The maximum absolute atomic E-state index is 5.26. The van der Waals surface area contributed by atoms with Crippen LogP contribution in [0.4, 0.5) is 0 Å². The summed E-state index contributed by atoms with van der Waals surface area (Å²) in [5, 5.41) is 3.77. The van der Waals surface area contributed by atoms with Gasteiger partial charge in [0.15, 0.2) is 10.4 Å². The molecular formula is C8H7BrN2O2. The highest BCUT2D eigenvalue weighted by atomic mass is 79.9. The third-order valence-corrected chi connectivity index (χ3v) is 1.99. The third kappa shape index (κ3) is 1.65. The van der Waals surface area contributed by atoms with E-state index >= 15 is 0 Å². The van der Waals surface area contributed by atoms with Crippen LogP contribution in [0.25, 0.3) is 11.6 Å². The fourth-order valence-electron chi connectivity index (χ4n) is 0.933. The van der Waals surface area contributed by atoms with Crippen LogP contribution in [0.3, 0.4) is 0 Å². The van der Waals surface area contributed by atoms with Crippen molar-refractivity contribution in [3.63, 3.8) is 0 Å². The zero-order chi connectivity index (χ0) is 9.26. The predicted molar refractivity (Wildman–Crippen MR) is 49.1 cm³/mol. The summed E-state index contributed by atoms with van der Waals surface area (Å²) in [6.07, 6.45) is 0.731. The average Bonchev–Trinajstić information content (AvgIpc) is 2.71. The Labute approximate surface area is 83.1 Å². The molecule has 0 N–H and O–H groups in total. The van der Waals surface area contributed by atoms with Crippen LogP contribution in [0.2, 0.25) is 0 Å². The molecule has 2 aromatic rings. The van der Waals surface area contributed by atoms with E-state index in [0.717, 1.165) is 6.42 Å². The van der Waals surface area contributed by atoms with Crippen LogP contribution in [0.1, 0.15) is 12.8 Å². The molecule has 0 aliphatic rings. The van der Waals surface area contributed by atoms with Crippen molar-refractivity contribution in [1.82, 2.24) is 10.1 Å². The van der Waals surface area contributed by atoms with Crippen molar-refractivity contribution in [3.8, 4) is 11.6 Å². The zero-order valence-corrected chi connectivity index (χ0v) is 8.54. The van der Waals surface area contributed by atoms with Gasteiger partial charge in [-0.1, -0.05) is 12.1 Å². The van der Waals surface area contributed by atoms with Crippen LogP contribution < -0.4 is 0 Å². The largest absolute Gasteiger partial charge is 0.446 e. The molecule has 0 unspecified atom stereocenters. The molecule has 0 aliphatic carbocycles. The van der Waals surface area contributed by atoms with Gasteiger partial charge in [-0.05, 0) is 28.1 Å². The molecule has 0 spiro atoms. The van der Waals surface area contributed by atoms with Gasteiger partial charge in [-0.3, -0.25) is 0 Å². The van der Waals surface area contributed by atoms with Crippen molar-refractivity contribution >= 4 is 15.9 Å². The van der Waals surface area contributed by atoms with E-state index in [1.165, 1.54) is 0 Å². The van der Waals surface area contributed by atoms with Gasteiger partial charge in [-0.15, -0.1) is 0 Å². The molecule has 2 rings (SSSR count). The second kappa shape index (κ2) is 3.33. The fraction of sp³-hybridized carbons (Fsp3) is 0.250. The normalized spacial score (nSPS) is 10.6. The van der Waals surface area contributed by atoms with Crippen LogP contribution in [-0.4, -0.2) is 10.1 Å². The molecule has 2 heterocycles. The first-order valence-corrected chi connectivity index (χ1v) is 4.67. The van der Waals surface area contributed by atoms with Gasteiger partial charge < -0.3 is 8.94 Å². The number of rotatable bonds is 2. The Kier molecular flexibility index (Phi) is 2.18. The van der Waals surface area contributed by atoms with E-state index in [0.29, 0.717) is 22.1 Å². The second-order valence-corrected chi connectivity index (χ2v) is 3.25. The molecule has 4 nitrogen and oxygen atoms in total. The second-order valence-electron chi connectivity index (χ2n) is 2.47. The molecule has 0 saturated carbocycles. The lowest BCUT2D eigenvalue weighted by Crippen LogP contribution is -1.79. The van der Waals surface area contributed by atoms with Crippen molar-refractivity contribution in [2.24, 2.45) is 0 Å². The van der Waals surface area contributed by atoms with Crippen LogP contribution in [0, 0.1) is 0 Å². The molecule has 0 saturated heterocycles. The van der Waals surface area contributed by atoms with Gasteiger partial charge in [0.2, 0.25) is 11.7 Å². The Morgan fingerprint density at radius 2 is 2.31 bits per heavy atom. The summed E-state index contributed by atoms with van der Waals surface area (Å²) in [5.41, 5.74) is 0. The maximum atomic E-state index is 5.26. The average molecular weight is 243 g/mol. The van der Waals surface area contributed by atoms with E-state index in [4.69, 9.17) is 8.94 Å². The number of nitrogens with zero attached hydrogens (tertiary/aromatic N) is 2. The highest BCUT2D eigenvalue weighted by molar-refractivity contribution is 9.10. The molecule has 2 aromatic heterocycles. The number of hydrogen-bond acceptors (Lipinski definition) is 4. The van der Waals surface area contributed by atoms with Crippen LogP contribution >= 0.6 is 15.9 Å². The van der Waals surface area contributed by atoms with E-state index in [1.807, 2.05) is 6.92 Å². The highest BCUT2D eigenvalue weighted by Gasteiger charge is 2.10. The molecule has 0 radical (unpaired) electrons. The lowest BCUT2D eigenvalue weighted by molar-refractivity contribution is 0.381. The molecule has 0 atom stereocenters. The summed E-state index contributed by atoms with van der Waals surface area (Å²) in [7, 11) is 0. The number of furan rings is 1. The minimum atomic E-state index is 0.488. The smallest absolute Gasteiger partial charge is 0.238 e. The molecule has 68 valence electrons. The van der Waals surface area contributed by atoms with E-state index in [2.05, 4.69) is 26.1 Å². The van der Waals surface area contributed by atoms with Crippen molar-refractivity contribution in [2.45, 2.75) is 13.3 Å². The van der Waals surface area contributed by atoms with Gasteiger partial charge in [0.05, 0.1) is 0 Å². The maximum Gasteiger partial charge on any atom is 0.238 e. The van der Waals surface area contributed by atoms with Gasteiger partial charge in [0.1, 0.15) is 0 Å². The SMILES string of the molecule is CCc1nc(-c2ccc(Br)o2)no1. The highest BCUT2D eigenvalue weighted by Crippen LogP contribution is 2.22. The summed E-state index contributed by atoms with van der Waals surface area (Å²) in [5.74, 6) is 1.71. The van der Waals surface area contributed by atoms with E-state index in [1.54, 1.807) is 12.1 Å². The molecule has 0 amide bonds. The summed E-state index contributed by atoms with van der Waals surface area (Å²) in [4.78, 5) is 4.12. The number of halogens is 1. The van der Waals surface area contributed by atoms with Crippen molar-refractivity contribution < 1.29 is 8.94 Å². The predicted octanol–water partition coefficient (Wildman–Crippen LogP) is 2.65. The van der Waals surface area contributed by atoms with E-state index in [9.17, 15) is 0 Å². The summed E-state index contributed by atoms with van der Waals surface area (Å²) in [6.45, 7) is 1.95. The fourth-order valence-corrected chi connectivity index (χ4v) is 1.24. The molecule has 0 aliphatic heterocycles. The molecular weight excluding hydrogens is 236 g/mol. The topological polar surface area (TPSA) is 52.1 Å². The Bertz CT molecular complexity index is 408. The van der Waals surface area contributed by atoms with Crippen molar-refractivity contribution in [2.75, 3.05) is 0 Å². The van der Waals surface area contributed by atoms with Gasteiger partial charge in [0.25, 0.3) is 0 Å². The van der Waals surface area contributed by atoms with Crippen LogP contribution in [0.15, 0.2) is 25.7 Å². The first kappa shape index (κ1) is 8.50. The summed E-state index contributed by atoms with van der Waals surface area (Å²) < 4.78 is 10.9. The number of aryl methyl sites for hydroxylation is 1. The summed E-state index contributed by atoms with van der Waals surface area (Å²) in [6, 6.07) is 3.58. The van der Waals surface area contributed by atoms with Gasteiger partial charge in [-0.2, -0.15) is 4.98 Å². The standard InChI is InChI=1S/C8H7BrN2O2/c1-2-7-10-8(11-13-7)5-3-4-6(9)12-5/h3-4H,2H2,1H3. The minimum absolute atomic E-state index is 0.488. The quantitative estimate of drug-likeness (QED) is 0.813. The molecule has 13 heavy (non-hydrogen) atoms. The van der Waals surface area contributed by atoms with Gasteiger partial charge in [-0.25, -0.2) is 0 Å². The zero-order valence-electron chi connectivity index (χ0n) is 6.95. The van der Waals surface area contributed by atoms with Crippen molar-refractivity contribution in [1.29, 1.82) is 0 Å².